The van der Waals surface area contributed by atoms with Crippen molar-refractivity contribution in [1.82, 2.24) is 4.90 Å². The summed E-state index contributed by atoms with van der Waals surface area (Å²) in [5.41, 5.74) is -0.0224. The van der Waals surface area contributed by atoms with Crippen molar-refractivity contribution in [2.75, 3.05) is 13.1 Å². The van der Waals surface area contributed by atoms with E-state index in [4.69, 9.17) is 0 Å². The highest BCUT2D eigenvalue weighted by molar-refractivity contribution is 6.00. The summed E-state index contributed by atoms with van der Waals surface area (Å²) in [6, 6.07) is 2.76. The minimum Gasteiger partial charge on any atom is -0.294 e. The van der Waals surface area contributed by atoms with Crippen LogP contribution in [0, 0.1) is 11.6 Å². The van der Waals surface area contributed by atoms with Crippen LogP contribution in [0.1, 0.15) is 30.1 Å². The van der Waals surface area contributed by atoms with Crippen LogP contribution < -0.4 is 0 Å². The molecule has 2 nitrogen and oxygen atoms in total. The van der Waals surface area contributed by atoms with E-state index in [1.54, 1.807) is 6.92 Å². The normalized spacial score (nSPS) is 18.3. The largest absolute Gasteiger partial charge is 0.294 e. The van der Waals surface area contributed by atoms with Crippen LogP contribution in [0.5, 0.6) is 0 Å². The lowest BCUT2D eigenvalue weighted by Crippen LogP contribution is -2.37. The van der Waals surface area contributed by atoms with E-state index >= 15 is 0 Å². The van der Waals surface area contributed by atoms with Crippen LogP contribution in [0.2, 0.25) is 0 Å². The Morgan fingerprint density at radius 3 is 2.53 bits per heavy atom. The Morgan fingerprint density at radius 1 is 1.29 bits per heavy atom. The molecule has 0 saturated carbocycles. The number of carbonyl (C=O) groups excluding carboxylic acids is 1. The highest BCUT2D eigenvalue weighted by atomic mass is 19.1. The maximum Gasteiger partial charge on any atom is 0.182 e. The first-order valence-electron chi connectivity index (χ1n) is 5.83. The minimum atomic E-state index is -0.777. The van der Waals surface area contributed by atoms with Gasteiger partial charge in [-0.2, -0.15) is 0 Å². The summed E-state index contributed by atoms with van der Waals surface area (Å²) in [4.78, 5) is 14.1. The molecule has 1 heterocycles. The van der Waals surface area contributed by atoms with E-state index in [2.05, 4.69) is 0 Å². The lowest BCUT2D eigenvalue weighted by atomic mass is 10.0. The molecule has 0 radical (unpaired) electrons. The van der Waals surface area contributed by atoms with Crippen LogP contribution >= 0.6 is 0 Å². The smallest absolute Gasteiger partial charge is 0.182 e. The van der Waals surface area contributed by atoms with E-state index in [9.17, 15) is 13.6 Å². The fourth-order valence-electron chi connectivity index (χ4n) is 2.21. The van der Waals surface area contributed by atoms with Crippen molar-refractivity contribution in [3.8, 4) is 0 Å². The fourth-order valence-corrected chi connectivity index (χ4v) is 2.21. The molecule has 4 heteroatoms. The number of hydrogen-bond donors (Lipinski definition) is 0. The third-order valence-corrected chi connectivity index (χ3v) is 3.26. The number of rotatable bonds is 3. The van der Waals surface area contributed by atoms with Crippen LogP contribution in [0.3, 0.4) is 0 Å². The molecule has 0 amide bonds. The molecule has 0 bridgehead atoms. The molecule has 0 aromatic heterocycles. The van der Waals surface area contributed by atoms with E-state index in [-0.39, 0.29) is 17.4 Å². The number of benzene rings is 1. The van der Waals surface area contributed by atoms with Gasteiger partial charge in [0.2, 0.25) is 0 Å². The molecule has 1 atom stereocenters. The Kier molecular flexibility index (Phi) is 3.52. The SMILES string of the molecule is CC(C(=O)c1ccc(F)cc1F)N1CCCC1. The predicted molar refractivity (Wildman–Crippen MR) is 61.0 cm³/mol. The van der Waals surface area contributed by atoms with Gasteiger partial charge in [-0.05, 0) is 45.0 Å². The van der Waals surface area contributed by atoms with Gasteiger partial charge in [-0.25, -0.2) is 8.78 Å². The van der Waals surface area contributed by atoms with E-state index < -0.39 is 11.6 Å². The molecule has 1 fully saturated rings. The highest BCUT2D eigenvalue weighted by Crippen LogP contribution is 2.17. The van der Waals surface area contributed by atoms with Gasteiger partial charge in [-0.15, -0.1) is 0 Å². The molecule has 1 aliphatic rings. The minimum absolute atomic E-state index is 0.0224. The number of Topliss-reactive ketones (excluding diaryl/α,β-unsaturated/α-hetero) is 1. The van der Waals surface area contributed by atoms with Crippen LogP contribution in [0.25, 0.3) is 0 Å². The van der Waals surface area contributed by atoms with Gasteiger partial charge in [0.1, 0.15) is 11.6 Å². The van der Waals surface area contributed by atoms with Crippen molar-refractivity contribution >= 4 is 5.78 Å². The summed E-state index contributed by atoms with van der Waals surface area (Å²) in [6.45, 7) is 3.52. The molecular formula is C13H15F2NO. The first-order chi connectivity index (χ1) is 8.09. The second-order valence-corrected chi connectivity index (χ2v) is 4.41. The summed E-state index contributed by atoms with van der Waals surface area (Å²) in [7, 11) is 0. The zero-order chi connectivity index (χ0) is 12.4. The fraction of sp³-hybridized carbons (Fsp3) is 0.462. The van der Waals surface area contributed by atoms with E-state index in [1.807, 2.05) is 4.90 Å². The second kappa shape index (κ2) is 4.92. The van der Waals surface area contributed by atoms with Crippen LogP contribution in [-0.4, -0.2) is 29.8 Å². The van der Waals surface area contributed by atoms with Gasteiger partial charge in [0.05, 0.1) is 11.6 Å². The maximum atomic E-state index is 13.5. The van der Waals surface area contributed by atoms with Gasteiger partial charge in [-0.1, -0.05) is 0 Å². The van der Waals surface area contributed by atoms with Crippen molar-refractivity contribution in [2.45, 2.75) is 25.8 Å². The van der Waals surface area contributed by atoms with Crippen LogP contribution in [0.15, 0.2) is 18.2 Å². The molecule has 1 unspecified atom stereocenters. The molecular weight excluding hydrogens is 224 g/mol. The average Bonchev–Trinajstić information content (AvgIpc) is 2.80. The highest BCUT2D eigenvalue weighted by Gasteiger charge is 2.26. The summed E-state index contributed by atoms with van der Waals surface area (Å²) in [5, 5.41) is 0. The van der Waals surface area contributed by atoms with Crippen molar-refractivity contribution in [3.63, 3.8) is 0 Å². The zero-order valence-electron chi connectivity index (χ0n) is 9.75. The molecule has 17 heavy (non-hydrogen) atoms. The van der Waals surface area contributed by atoms with Crippen LogP contribution in [-0.2, 0) is 0 Å². The predicted octanol–water partition coefficient (Wildman–Crippen LogP) is 2.63. The Labute approximate surface area is 99.2 Å². The van der Waals surface area contributed by atoms with Gasteiger partial charge in [0.25, 0.3) is 0 Å². The van der Waals surface area contributed by atoms with E-state index in [1.165, 1.54) is 6.07 Å². The van der Waals surface area contributed by atoms with Crippen molar-refractivity contribution in [3.05, 3.63) is 35.4 Å². The first-order valence-corrected chi connectivity index (χ1v) is 5.83. The van der Waals surface area contributed by atoms with E-state index in [0.29, 0.717) is 0 Å². The zero-order valence-corrected chi connectivity index (χ0v) is 9.75. The Morgan fingerprint density at radius 2 is 1.94 bits per heavy atom. The molecule has 0 N–H and O–H groups in total. The summed E-state index contributed by atoms with van der Waals surface area (Å²) < 4.78 is 26.2. The van der Waals surface area contributed by atoms with Crippen LogP contribution in [0.4, 0.5) is 8.78 Å². The topological polar surface area (TPSA) is 20.3 Å². The number of halogens is 2. The molecule has 92 valence electrons. The lowest BCUT2D eigenvalue weighted by molar-refractivity contribution is 0.0862. The van der Waals surface area contributed by atoms with Crippen molar-refractivity contribution < 1.29 is 13.6 Å². The quantitative estimate of drug-likeness (QED) is 0.756. The molecule has 1 saturated heterocycles. The van der Waals surface area contributed by atoms with Gasteiger partial charge < -0.3 is 0 Å². The lowest BCUT2D eigenvalue weighted by Gasteiger charge is -2.22. The molecule has 1 aromatic rings. The average molecular weight is 239 g/mol. The van der Waals surface area contributed by atoms with Crippen molar-refractivity contribution in [2.24, 2.45) is 0 Å². The van der Waals surface area contributed by atoms with Crippen molar-refractivity contribution in [1.29, 1.82) is 0 Å². The van der Waals surface area contributed by atoms with Gasteiger partial charge in [0.15, 0.2) is 5.78 Å². The number of carbonyl (C=O) groups is 1. The summed E-state index contributed by atoms with van der Waals surface area (Å²) in [5.74, 6) is -1.71. The number of ketones is 1. The van der Waals surface area contributed by atoms with Gasteiger partial charge in [0, 0.05) is 6.07 Å². The van der Waals surface area contributed by atoms with Gasteiger partial charge in [-0.3, -0.25) is 9.69 Å². The number of likely N-dealkylation sites (tertiary alicyclic amines) is 1. The third-order valence-electron chi connectivity index (χ3n) is 3.26. The standard InChI is InChI=1S/C13H15F2NO/c1-9(16-6-2-3-7-16)13(17)11-5-4-10(14)8-12(11)15/h4-5,8-9H,2-3,6-7H2,1H3. The maximum absolute atomic E-state index is 13.5. The molecule has 2 rings (SSSR count). The van der Waals surface area contributed by atoms with E-state index in [0.717, 1.165) is 38.1 Å². The number of nitrogens with zero attached hydrogens (tertiary/aromatic N) is 1. The third kappa shape index (κ3) is 2.52. The molecule has 0 aliphatic carbocycles. The molecule has 1 aliphatic heterocycles. The Balaban J connectivity index is 2.18. The first kappa shape index (κ1) is 12.2. The van der Waals surface area contributed by atoms with Gasteiger partial charge >= 0.3 is 0 Å². The molecule has 1 aromatic carbocycles. The summed E-state index contributed by atoms with van der Waals surface area (Å²) in [6.07, 6.45) is 2.15. The Hall–Kier alpha value is -1.29. The summed E-state index contributed by atoms with van der Waals surface area (Å²) >= 11 is 0. The second-order valence-electron chi connectivity index (χ2n) is 4.41. The monoisotopic (exact) mass is 239 g/mol. The molecule has 0 spiro atoms. The Bertz CT molecular complexity index is 427. The number of hydrogen-bond acceptors (Lipinski definition) is 2.